The van der Waals surface area contributed by atoms with Crippen molar-refractivity contribution in [1.82, 2.24) is 15.0 Å². The molecule has 4 nitrogen and oxygen atoms in total. The smallest absolute Gasteiger partial charge is 0.145 e. The van der Waals surface area contributed by atoms with Gasteiger partial charge in [0.1, 0.15) is 16.9 Å². The summed E-state index contributed by atoms with van der Waals surface area (Å²) in [7, 11) is 1.67. The van der Waals surface area contributed by atoms with Crippen molar-refractivity contribution in [2.24, 2.45) is 0 Å². The van der Waals surface area contributed by atoms with E-state index in [0.717, 1.165) is 38.8 Å². The molecule has 0 saturated carbocycles. The minimum atomic E-state index is 0.786. The second-order valence-corrected chi connectivity index (χ2v) is 4.81. The Morgan fingerprint density at radius 2 is 1.81 bits per heavy atom. The normalized spacial score (nSPS) is 11.1. The van der Waals surface area contributed by atoms with Gasteiger partial charge in [-0.2, -0.15) is 0 Å². The maximum atomic E-state index is 5.41. The molecule has 0 spiro atoms. The van der Waals surface area contributed by atoms with Crippen molar-refractivity contribution >= 4 is 21.9 Å². The van der Waals surface area contributed by atoms with Gasteiger partial charge in [0.25, 0.3) is 0 Å². The van der Waals surface area contributed by atoms with Crippen molar-refractivity contribution in [2.45, 2.75) is 0 Å². The summed E-state index contributed by atoms with van der Waals surface area (Å²) >= 11 is 0. The number of benzene rings is 1. The molecule has 3 aromatic heterocycles. The van der Waals surface area contributed by atoms with Crippen molar-refractivity contribution in [3.8, 4) is 16.9 Å². The molecular weight excluding hydrogens is 262 g/mol. The Morgan fingerprint density at radius 1 is 0.905 bits per heavy atom. The summed E-state index contributed by atoms with van der Waals surface area (Å²) in [5.41, 5.74) is 4.03. The molecule has 0 aliphatic carbocycles. The van der Waals surface area contributed by atoms with Gasteiger partial charge in [0, 0.05) is 29.4 Å². The highest BCUT2D eigenvalue weighted by Gasteiger charge is 2.11. The molecule has 0 fully saturated rings. The lowest BCUT2D eigenvalue weighted by Gasteiger charge is -2.10. The standard InChI is InChI=1S/C17H13N3O/c1-21-15-5-4-11(13-3-2-8-18-16(13)15)12-6-9-19-17-14(12)7-10-20-17/h2-10H,1H3,(H,19,20). The predicted octanol–water partition coefficient (Wildman–Crippen LogP) is 3.79. The van der Waals surface area contributed by atoms with E-state index >= 15 is 0 Å². The SMILES string of the molecule is COc1ccc(-c2ccnc3[nH]ccc23)c2cccnc12. The zero-order valence-corrected chi connectivity index (χ0v) is 11.5. The molecule has 0 radical (unpaired) electrons. The number of hydrogen-bond donors (Lipinski definition) is 1. The minimum absolute atomic E-state index is 0.786. The number of ether oxygens (including phenoxy) is 1. The first-order valence-electron chi connectivity index (χ1n) is 6.72. The van der Waals surface area contributed by atoms with Crippen LogP contribution in [0, 0.1) is 0 Å². The van der Waals surface area contributed by atoms with Crippen molar-refractivity contribution in [2.75, 3.05) is 7.11 Å². The van der Waals surface area contributed by atoms with E-state index in [-0.39, 0.29) is 0 Å². The van der Waals surface area contributed by atoms with Crippen molar-refractivity contribution in [3.63, 3.8) is 0 Å². The lowest BCUT2D eigenvalue weighted by atomic mass is 9.99. The van der Waals surface area contributed by atoms with E-state index in [9.17, 15) is 0 Å². The topological polar surface area (TPSA) is 50.8 Å². The minimum Gasteiger partial charge on any atom is -0.494 e. The quantitative estimate of drug-likeness (QED) is 0.605. The van der Waals surface area contributed by atoms with Crippen LogP contribution in [0.1, 0.15) is 0 Å². The number of nitrogens with zero attached hydrogens (tertiary/aromatic N) is 2. The van der Waals surface area contributed by atoms with Gasteiger partial charge in [0.05, 0.1) is 7.11 Å². The van der Waals surface area contributed by atoms with Crippen LogP contribution in [0.4, 0.5) is 0 Å². The van der Waals surface area contributed by atoms with E-state index in [4.69, 9.17) is 4.74 Å². The maximum Gasteiger partial charge on any atom is 0.145 e. The number of nitrogens with one attached hydrogen (secondary N) is 1. The van der Waals surface area contributed by atoms with E-state index < -0.39 is 0 Å². The molecule has 4 heteroatoms. The fourth-order valence-corrected chi connectivity index (χ4v) is 2.74. The fourth-order valence-electron chi connectivity index (χ4n) is 2.74. The summed E-state index contributed by atoms with van der Waals surface area (Å²) in [5.74, 6) is 0.786. The van der Waals surface area contributed by atoms with Crippen molar-refractivity contribution in [1.29, 1.82) is 0 Å². The maximum absolute atomic E-state index is 5.41. The molecule has 1 aromatic carbocycles. The van der Waals surface area contributed by atoms with Crippen LogP contribution in [0.3, 0.4) is 0 Å². The molecule has 0 amide bonds. The third-order valence-electron chi connectivity index (χ3n) is 3.70. The monoisotopic (exact) mass is 275 g/mol. The van der Waals surface area contributed by atoms with Crippen LogP contribution in [0.2, 0.25) is 0 Å². The molecule has 21 heavy (non-hydrogen) atoms. The molecule has 0 atom stereocenters. The van der Waals surface area contributed by atoms with Gasteiger partial charge < -0.3 is 9.72 Å². The van der Waals surface area contributed by atoms with Gasteiger partial charge in [-0.15, -0.1) is 0 Å². The average Bonchev–Trinajstić information content (AvgIpc) is 3.02. The number of H-pyrrole nitrogens is 1. The first-order chi connectivity index (χ1) is 10.4. The van der Waals surface area contributed by atoms with Crippen LogP contribution in [0.5, 0.6) is 5.75 Å². The lowest BCUT2D eigenvalue weighted by Crippen LogP contribution is -1.90. The summed E-state index contributed by atoms with van der Waals surface area (Å²) in [6.45, 7) is 0. The zero-order chi connectivity index (χ0) is 14.2. The zero-order valence-electron chi connectivity index (χ0n) is 11.5. The number of rotatable bonds is 2. The van der Waals surface area contributed by atoms with Gasteiger partial charge in [0.15, 0.2) is 0 Å². The highest BCUT2D eigenvalue weighted by Crippen LogP contribution is 2.35. The molecule has 0 saturated heterocycles. The van der Waals surface area contributed by atoms with Crippen LogP contribution >= 0.6 is 0 Å². The molecule has 4 aromatic rings. The first kappa shape index (κ1) is 11.9. The summed E-state index contributed by atoms with van der Waals surface area (Å²) in [4.78, 5) is 12.0. The molecule has 0 aliphatic heterocycles. The molecule has 102 valence electrons. The second-order valence-electron chi connectivity index (χ2n) is 4.81. The van der Waals surface area contributed by atoms with Gasteiger partial charge >= 0.3 is 0 Å². The van der Waals surface area contributed by atoms with Gasteiger partial charge in [-0.1, -0.05) is 6.07 Å². The molecule has 4 rings (SSSR count). The van der Waals surface area contributed by atoms with Gasteiger partial charge in [0.2, 0.25) is 0 Å². The fraction of sp³-hybridized carbons (Fsp3) is 0.0588. The molecular formula is C17H13N3O. The van der Waals surface area contributed by atoms with E-state index in [2.05, 4.69) is 27.1 Å². The van der Waals surface area contributed by atoms with Crippen molar-refractivity contribution < 1.29 is 4.74 Å². The second kappa shape index (κ2) is 4.59. The Bertz CT molecular complexity index is 943. The van der Waals surface area contributed by atoms with E-state index in [1.807, 2.05) is 36.7 Å². The van der Waals surface area contributed by atoms with Crippen LogP contribution < -0.4 is 4.74 Å². The predicted molar refractivity (Wildman–Crippen MR) is 83.4 cm³/mol. The van der Waals surface area contributed by atoms with E-state index in [1.165, 1.54) is 0 Å². The molecule has 0 bridgehead atoms. The van der Waals surface area contributed by atoms with Crippen LogP contribution in [0.15, 0.2) is 55.0 Å². The Labute approximate surface area is 121 Å². The highest BCUT2D eigenvalue weighted by molar-refractivity contribution is 6.04. The molecule has 3 heterocycles. The molecule has 0 aliphatic rings. The summed E-state index contributed by atoms with van der Waals surface area (Å²) in [6.07, 6.45) is 5.51. The lowest BCUT2D eigenvalue weighted by molar-refractivity contribution is 0.419. The number of hydrogen-bond acceptors (Lipinski definition) is 3. The van der Waals surface area contributed by atoms with Gasteiger partial charge in [-0.3, -0.25) is 4.98 Å². The van der Waals surface area contributed by atoms with E-state index in [0.29, 0.717) is 0 Å². The molecule has 0 unspecified atom stereocenters. The number of aromatic amines is 1. The van der Waals surface area contributed by atoms with E-state index in [1.54, 1.807) is 13.3 Å². The van der Waals surface area contributed by atoms with Crippen molar-refractivity contribution in [3.05, 3.63) is 55.0 Å². The Hall–Kier alpha value is -2.88. The average molecular weight is 275 g/mol. The number of aromatic nitrogens is 3. The summed E-state index contributed by atoms with van der Waals surface area (Å²) < 4.78 is 5.41. The van der Waals surface area contributed by atoms with Gasteiger partial charge in [-0.25, -0.2) is 4.98 Å². The number of methoxy groups -OCH3 is 1. The Kier molecular flexibility index (Phi) is 2.60. The largest absolute Gasteiger partial charge is 0.494 e. The number of pyridine rings is 2. The summed E-state index contributed by atoms with van der Waals surface area (Å²) in [6, 6.07) is 12.1. The Balaban J connectivity index is 2.10. The van der Waals surface area contributed by atoms with Gasteiger partial charge in [-0.05, 0) is 41.5 Å². The summed E-state index contributed by atoms with van der Waals surface area (Å²) in [5, 5.41) is 2.18. The highest BCUT2D eigenvalue weighted by atomic mass is 16.5. The third kappa shape index (κ3) is 1.76. The van der Waals surface area contributed by atoms with Crippen LogP contribution in [-0.2, 0) is 0 Å². The van der Waals surface area contributed by atoms with Crippen LogP contribution in [0.25, 0.3) is 33.1 Å². The Morgan fingerprint density at radius 3 is 2.71 bits per heavy atom. The van der Waals surface area contributed by atoms with Crippen LogP contribution in [-0.4, -0.2) is 22.1 Å². The first-order valence-corrected chi connectivity index (χ1v) is 6.72. The third-order valence-corrected chi connectivity index (χ3v) is 3.70. The number of fused-ring (bicyclic) bond motifs is 2. The molecule has 1 N–H and O–H groups in total.